The Bertz CT molecular complexity index is 382. The normalized spacial score (nSPS) is 10.2. The van der Waals surface area contributed by atoms with Gasteiger partial charge in [-0.25, -0.2) is 0 Å². The second-order valence-electron chi connectivity index (χ2n) is 4.48. The van der Waals surface area contributed by atoms with Crippen molar-refractivity contribution in [1.29, 1.82) is 0 Å². The van der Waals surface area contributed by atoms with Crippen LogP contribution in [0.2, 0.25) is 0 Å². The molecule has 0 aliphatic carbocycles. The van der Waals surface area contributed by atoms with Crippen molar-refractivity contribution in [3.05, 3.63) is 29.8 Å². The molecule has 0 unspecified atom stereocenters. The van der Waals surface area contributed by atoms with Crippen molar-refractivity contribution in [2.75, 3.05) is 19.0 Å². The molecule has 1 rings (SSSR count). The molecule has 1 amide bonds. The van der Waals surface area contributed by atoms with Gasteiger partial charge in [-0.2, -0.15) is 0 Å². The minimum atomic E-state index is 0.0775. The maximum Gasteiger partial charge on any atom is 0.224 e. The van der Waals surface area contributed by atoms with E-state index >= 15 is 0 Å². The third-order valence-corrected chi connectivity index (χ3v) is 3.44. The van der Waals surface area contributed by atoms with Crippen LogP contribution in [0.3, 0.4) is 0 Å². The maximum atomic E-state index is 11.7. The minimum absolute atomic E-state index is 0.0775. The van der Waals surface area contributed by atoms with E-state index in [4.69, 9.17) is 4.74 Å². The van der Waals surface area contributed by atoms with E-state index in [1.807, 2.05) is 24.3 Å². The van der Waals surface area contributed by atoms with Crippen LogP contribution in [0.25, 0.3) is 0 Å². The van der Waals surface area contributed by atoms with Gasteiger partial charge in [0.25, 0.3) is 0 Å². The van der Waals surface area contributed by atoms with Gasteiger partial charge in [0.15, 0.2) is 0 Å². The van der Waals surface area contributed by atoms with Gasteiger partial charge in [0.2, 0.25) is 5.91 Å². The number of methoxy groups -OCH3 is 1. The van der Waals surface area contributed by atoms with Gasteiger partial charge in [0.1, 0.15) is 5.75 Å². The lowest BCUT2D eigenvalue weighted by molar-refractivity contribution is -0.120. The number of unbranched alkanes of at least 4 members (excludes halogenated alkanes) is 3. The summed E-state index contributed by atoms with van der Waals surface area (Å²) >= 11 is 3.41. The highest BCUT2D eigenvalue weighted by atomic mass is 79.9. The lowest BCUT2D eigenvalue weighted by Crippen LogP contribution is -2.26. The summed E-state index contributed by atoms with van der Waals surface area (Å²) in [6.07, 6.45) is 5.06. The van der Waals surface area contributed by atoms with E-state index in [9.17, 15) is 4.79 Å². The number of benzene rings is 1. The highest BCUT2D eigenvalue weighted by Gasteiger charge is 2.03. The zero-order valence-electron chi connectivity index (χ0n) is 11.5. The predicted molar refractivity (Wildman–Crippen MR) is 82.0 cm³/mol. The van der Waals surface area contributed by atoms with Crippen LogP contribution >= 0.6 is 15.9 Å². The summed E-state index contributed by atoms with van der Waals surface area (Å²) in [4.78, 5) is 11.7. The van der Waals surface area contributed by atoms with Gasteiger partial charge in [0, 0.05) is 11.9 Å². The fraction of sp³-hybridized carbons (Fsp3) is 0.533. The largest absolute Gasteiger partial charge is 0.497 e. The van der Waals surface area contributed by atoms with Crippen LogP contribution in [-0.4, -0.2) is 24.9 Å². The summed E-state index contributed by atoms with van der Waals surface area (Å²) < 4.78 is 5.14. The van der Waals surface area contributed by atoms with E-state index in [1.54, 1.807) is 7.11 Å². The maximum absolute atomic E-state index is 11.7. The fourth-order valence-electron chi connectivity index (χ4n) is 1.83. The Balaban J connectivity index is 2.19. The molecule has 1 aromatic rings. The van der Waals surface area contributed by atoms with Crippen LogP contribution in [-0.2, 0) is 11.2 Å². The predicted octanol–water partition coefficient (Wildman–Crippen LogP) is 3.31. The van der Waals surface area contributed by atoms with Gasteiger partial charge >= 0.3 is 0 Å². The minimum Gasteiger partial charge on any atom is -0.497 e. The molecule has 0 saturated carbocycles. The summed E-state index contributed by atoms with van der Waals surface area (Å²) in [6, 6.07) is 7.63. The zero-order chi connectivity index (χ0) is 13.9. The van der Waals surface area contributed by atoms with E-state index < -0.39 is 0 Å². The molecule has 0 aliphatic rings. The van der Waals surface area contributed by atoms with Gasteiger partial charge in [-0.15, -0.1) is 0 Å². The van der Waals surface area contributed by atoms with Gasteiger partial charge in [0.05, 0.1) is 13.5 Å². The van der Waals surface area contributed by atoms with Crippen molar-refractivity contribution in [3.8, 4) is 5.75 Å². The second kappa shape index (κ2) is 9.84. The number of alkyl halides is 1. The SMILES string of the molecule is COc1cccc(CC(=O)NCCCCCCBr)c1. The number of halogens is 1. The smallest absolute Gasteiger partial charge is 0.224 e. The molecule has 106 valence electrons. The number of nitrogens with one attached hydrogen (secondary N) is 1. The molecule has 0 atom stereocenters. The standard InChI is InChI=1S/C15H22BrNO2/c1-19-14-8-6-7-13(11-14)12-15(18)17-10-5-3-2-4-9-16/h6-8,11H,2-5,9-10,12H2,1H3,(H,17,18). The third-order valence-electron chi connectivity index (χ3n) is 2.88. The summed E-state index contributed by atoms with van der Waals surface area (Å²) in [7, 11) is 1.63. The fourth-order valence-corrected chi connectivity index (χ4v) is 2.23. The molecule has 0 bridgehead atoms. The van der Waals surface area contributed by atoms with Gasteiger partial charge < -0.3 is 10.1 Å². The molecule has 0 heterocycles. The highest BCUT2D eigenvalue weighted by Crippen LogP contribution is 2.12. The Labute approximate surface area is 123 Å². The van der Waals surface area contributed by atoms with Crippen molar-refractivity contribution in [2.24, 2.45) is 0 Å². The Kier molecular flexibility index (Phi) is 8.30. The number of rotatable bonds is 9. The Morgan fingerprint density at radius 2 is 2.05 bits per heavy atom. The van der Waals surface area contributed by atoms with Crippen LogP contribution in [0.1, 0.15) is 31.2 Å². The number of ether oxygens (including phenoxy) is 1. The van der Waals surface area contributed by atoms with Crippen LogP contribution in [0.5, 0.6) is 5.75 Å². The van der Waals surface area contributed by atoms with Crippen LogP contribution in [0, 0.1) is 0 Å². The molecule has 0 spiro atoms. The van der Waals surface area contributed by atoms with Crippen LogP contribution < -0.4 is 10.1 Å². The topological polar surface area (TPSA) is 38.3 Å². The van der Waals surface area contributed by atoms with Crippen LogP contribution in [0.15, 0.2) is 24.3 Å². The van der Waals surface area contributed by atoms with E-state index in [2.05, 4.69) is 21.2 Å². The van der Waals surface area contributed by atoms with Crippen molar-refractivity contribution in [2.45, 2.75) is 32.1 Å². The monoisotopic (exact) mass is 327 g/mol. The van der Waals surface area contributed by atoms with Gasteiger partial charge in [-0.1, -0.05) is 40.9 Å². The van der Waals surface area contributed by atoms with Crippen molar-refractivity contribution in [3.63, 3.8) is 0 Å². The molecular formula is C15H22BrNO2. The summed E-state index contributed by atoms with van der Waals surface area (Å²) in [5, 5.41) is 4.02. The average molecular weight is 328 g/mol. The number of carbonyl (C=O) groups is 1. The molecule has 0 fully saturated rings. The number of amides is 1. The quantitative estimate of drug-likeness (QED) is 0.558. The molecule has 0 aromatic heterocycles. The molecule has 1 N–H and O–H groups in total. The van der Waals surface area contributed by atoms with E-state index in [0.29, 0.717) is 6.42 Å². The molecule has 0 radical (unpaired) electrons. The van der Waals surface area contributed by atoms with Crippen molar-refractivity contribution in [1.82, 2.24) is 5.32 Å². The lowest BCUT2D eigenvalue weighted by Gasteiger charge is -2.06. The van der Waals surface area contributed by atoms with E-state index in [-0.39, 0.29) is 5.91 Å². The van der Waals surface area contributed by atoms with Crippen molar-refractivity contribution >= 4 is 21.8 Å². The van der Waals surface area contributed by atoms with Gasteiger partial charge in [-0.3, -0.25) is 4.79 Å². The second-order valence-corrected chi connectivity index (χ2v) is 5.27. The Morgan fingerprint density at radius 3 is 2.79 bits per heavy atom. The number of hydrogen-bond donors (Lipinski definition) is 1. The first-order valence-corrected chi connectivity index (χ1v) is 7.84. The average Bonchev–Trinajstić information content (AvgIpc) is 2.43. The van der Waals surface area contributed by atoms with E-state index in [0.717, 1.165) is 29.6 Å². The van der Waals surface area contributed by atoms with Crippen LogP contribution in [0.4, 0.5) is 0 Å². The van der Waals surface area contributed by atoms with E-state index in [1.165, 1.54) is 19.3 Å². The summed E-state index contributed by atoms with van der Waals surface area (Å²) in [5.74, 6) is 0.869. The molecule has 1 aromatic carbocycles. The molecule has 0 saturated heterocycles. The zero-order valence-corrected chi connectivity index (χ0v) is 13.0. The lowest BCUT2D eigenvalue weighted by atomic mass is 10.1. The molecule has 3 nitrogen and oxygen atoms in total. The van der Waals surface area contributed by atoms with Crippen molar-refractivity contribution < 1.29 is 9.53 Å². The number of hydrogen-bond acceptors (Lipinski definition) is 2. The first-order chi connectivity index (χ1) is 9.26. The number of carbonyl (C=O) groups excluding carboxylic acids is 1. The Hall–Kier alpha value is -1.03. The summed E-state index contributed by atoms with van der Waals surface area (Å²) in [5.41, 5.74) is 0.983. The molecule has 19 heavy (non-hydrogen) atoms. The first-order valence-electron chi connectivity index (χ1n) is 6.72. The molecular weight excluding hydrogens is 306 g/mol. The first kappa shape index (κ1) is 16.0. The highest BCUT2D eigenvalue weighted by molar-refractivity contribution is 9.09. The summed E-state index contributed by atoms with van der Waals surface area (Å²) in [6.45, 7) is 0.769. The molecule has 4 heteroatoms. The molecule has 0 aliphatic heterocycles. The van der Waals surface area contributed by atoms with Gasteiger partial charge in [-0.05, 0) is 30.5 Å². The third kappa shape index (κ3) is 7.21. The Morgan fingerprint density at radius 1 is 1.26 bits per heavy atom.